The average molecular weight is 459 g/mol. The molecule has 0 radical (unpaired) electrons. The fraction of sp³-hybridized carbons (Fsp3) is 0.222. The van der Waals surface area contributed by atoms with Gasteiger partial charge in [-0.1, -0.05) is 54.1 Å². The standard InChI is InChI=1S/C27H23ClN2O3/c28-23-8-4-5-9-24(23)29-25(31)18-10-13-20(14-11-18)30-26(32)21-15-12-19(16-22(21)27(30)33)17-6-2-1-3-7-17/h1-11,13-14,19,21-22H,12,15-16H2,(H,29,31)/t19-,21-,22+/m0/s1. The molecule has 3 aromatic carbocycles. The second kappa shape index (κ2) is 8.83. The van der Waals surface area contributed by atoms with Crippen molar-refractivity contribution >= 4 is 40.7 Å². The highest BCUT2D eigenvalue weighted by Gasteiger charge is 2.50. The van der Waals surface area contributed by atoms with Gasteiger partial charge >= 0.3 is 0 Å². The fourth-order valence-corrected chi connectivity index (χ4v) is 5.16. The van der Waals surface area contributed by atoms with Crippen LogP contribution in [0.25, 0.3) is 0 Å². The lowest BCUT2D eigenvalue weighted by molar-refractivity contribution is -0.122. The summed E-state index contributed by atoms with van der Waals surface area (Å²) in [6, 6.07) is 23.8. The third-order valence-electron chi connectivity index (χ3n) is 6.71. The summed E-state index contributed by atoms with van der Waals surface area (Å²) < 4.78 is 0. The van der Waals surface area contributed by atoms with Gasteiger partial charge in [0.2, 0.25) is 11.8 Å². The second-order valence-corrected chi connectivity index (χ2v) is 9.03. The minimum Gasteiger partial charge on any atom is -0.321 e. The van der Waals surface area contributed by atoms with Crippen molar-refractivity contribution in [3.05, 3.63) is 95.0 Å². The van der Waals surface area contributed by atoms with Crippen molar-refractivity contribution in [1.82, 2.24) is 0 Å². The zero-order chi connectivity index (χ0) is 22.9. The first-order valence-electron chi connectivity index (χ1n) is 11.1. The lowest BCUT2D eigenvalue weighted by Crippen LogP contribution is -2.30. The average Bonchev–Trinajstić information content (AvgIpc) is 3.10. The molecule has 1 saturated heterocycles. The fourth-order valence-electron chi connectivity index (χ4n) is 4.98. The van der Waals surface area contributed by atoms with Crippen molar-refractivity contribution < 1.29 is 14.4 Å². The number of para-hydroxylation sites is 1. The molecule has 166 valence electrons. The van der Waals surface area contributed by atoms with E-state index in [1.165, 1.54) is 10.5 Å². The molecule has 33 heavy (non-hydrogen) atoms. The number of amides is 3. The van der Waals surface area contributed by atoms with Gasteiger partial charge in [-0.3, -0.25) is 19.3 Å². The molecule has 0 spiro atoms. The minimum absolute atomic E-state index is 0.134. The molecule has 2 fully saturated rings. The summed E-state index contributed by atoms with van der Waals surface area (Å²) in [5.74, 6) is -0.850. The van der Waals surface area contributed by atoms with Gasteiger partial charge in [0.05, 0.1) is 28.2 Å². The van der Waals surface area contributed by atoms with Gasteiger partial charge in [-0.25, -0.2) is 0 Å². The first kappa shape index (κ1) is 21.4. The monoisotopic (exact) mass is 458 g/mol. The van der Waals surface area contributed by atoms with Gasteiger partial charge in [0, 0.05) is 5.56 Å². The molecule has 6 heteroatoms. The van der Waals surface area contributed by atoms with E-state index in [1.807, 2.05) is 18.2 Å². The molecule has 1 aliphatic carbocycles. The zero-order valence-corrected chi connectivity index (χ0v) is 18.7. The summed E-state index contributed by atoms with van der Waals surface area (Å²) in [7, 11) is 0. The summed E-state index contributed by atoms with van der Waals surface area (Å²) in [4.78, 5) is 40.2. The van der Waals surface area contributed by atoms with Gasteiger partial charge in [-0.2, -0.15) is 0 Å². The minimum atomic E-state index is -0.312. The molecular weight excluding hydrogens is 436 g/mol. The molecule has 1 heterocycles. The highest BCUT2D eigenvalue weighted by Crippen LogP contribution is 2.45. The summed E-state index contributed by atoms with van der Waals surface area (Å²) in [5, 5.41) is 3.23. The molecule has 0 bridgehead atoms. The van der Waals surface area contributed by atoms with Crippen LogP contribution in [0.3, 0.4) is 0 Å². The summed E-state index contributed by atoms with van der Waals surface area (Å²) >= 11 is 6.11. The second-order valence-electron chi connectivity index (χ2n) is 8.63. The molecule has 0 unspecified atom stereocenters. The molecule has 5 rings (SSSR count). The van der Waals surface area contributed by atoms with Crippen LogP contribution in [0.2, 0.25) is 5.02 Å². The summed E-state index contributed by atoms with van der Waals surface area (Å²) in [5.41, 5.74) is 2.67. The van der Waals surface area contributed by atoms with Crippen LogP contribution < -0.4 is 10.2 Å². The van der Waals surface area contributed by atoms with E-state index in [1.54, 1.807) is 48.5 Å². The van der Waals surface area contributed by atoms with Crippen LogP contribution in [0.1, 0.15) is 41.1 Å². The van der Waals surface area contributed by atoms with Gasteiger partial charge in [0.15, 0.2) is 0 Å². The molecule has 3 atom stereocenters. The number of rotatable bonds is 4. The predicted octanol–water partition coefficient (Wildman–Crippen LogP) is 5.67. The lowest BCUT2D eigenvalue weighted by atomic mass is 9.73. The number of fused-ring (bicyclic) bond motifs is 1. The van der Waals surface area contributed by atoms with Gasteiger partial charge in [0.1, 0.15) is 0 Å². The van der Waals surface area contributed by atoms with Crippen molar-refractivity contribution in [1.29, 1.82) is 0 Å². The normalized spacial score (nSPS) is 22.2. The number of hydrogen-bond acceptors (Lipinski definition) is 3. The van der Waals surface area contributed by atoms with Crippen LogP contribution in [0.15, 0.2) is 78.9 Å². The maximum absolute atomic E-state index is 13.2. The number of anilines is 2. The first-order chi connectivity index (χ1) is 16.0. The molecule has 5 nitrogen and oxygen atoms in total. The molecule has 0 aromatic heterocycles. The van der Waals surface area contributed by atoms with E-state index in [0.717, 1.165) is 6.42 Å². The molecule has 1 aliphatic heterocycles. The van der Waals surface area contributed by atoms with Crippen LogP contribution >= 0.6 is 11.6 Å². The van der Waals surface area contributed by atoms with E-state index in [0.29, 0.717) is 40.7 Å². The Morgan fingerprint density at radius 3 is 2.21 bits per heavy atom. The molecule has 3 aromatic rings. The number of halogens is 1. The topological polar surface area (TPSA) is 66.5 Å². The lowest BCUT2D eigenvalue weighted by Gasteiger charge is -2.28. The number of nitrogens with zero attached hydrogens (tertiary/aromatic N) is 1. The smallest absolute Gasteiger partial charge is 0.255 e. The summed E-state index contributed by atoms with van der Waals surface area (Å²) in [6.07, 6.45) is 2.30. The van der Waals surface area contributed by atoms with Crippen LogP contribution in [0, 0.1) is 11.8 Å². The maximum atomic E-state index is 13.2. The Balaban J connectivity index is 1.31. The third kappa shape index (κ3) is 4.05. The van der Waals surface area contributed by atoms with E-state index >= 15 is 0 Å². The van der Waals surface area contributed by atoms with Crippen LogP contribution in [-0.4, -0.2) is 17.7 Å². The number of carbonyl (C=O) groups is 3. The molecular formula is C27H23ClN2O3. The van der Waals surface area contributed by atoms with Gasteiger partial charge < -0.3 is 5.32 Å². The Morgan fingerprint density at radius 1 is 0.818 bits per heavy atom. The molecule has 3 amide bonds. The third-order valence-corrected chi connectivity index (χ3v) is 7.04. The van der Waals surface area contributed by atoms with Gasteiger partial charge in [-0.15, -0.1) is 0 Å². The van der Waals surface area contributed by atoms with Crippen molar-refractivity contribution in [2.75, 3.05) is 10.2 Å². The largest absolute Gasteiger partial charge is 0.321 e. The van der Waals surface area contributed by atoms with Crippen molar-refractivity contribution in [3.63, 3.8) is 0 Å². The van der Waals surface area contributed by atoms with E-state index in [4.69, 9.17) is 11.6 Å². The number of carbonyl (C=O) groups excluding carboxylic acids is 3. The van der Waals surface area contributed by atoms with Crippen molar-refractivity contribution in [3.8, 4) is 0 Å². The van der Waals surface area contributed by atoms with E-state index in [-0.39, 0.29) is 29.6 Å². The van der Waals surface area contributed by atoms with Gasteiger partial charge in [0.25, 0.3) is 5.91 Å². The Bertz CT molecular complexity index is 1210. The Morgan fingerprint density at radius 2 is 1.48 bits per heavy atom. The highest BCUT2D eigenvalue weighted by atomic mass is 35.5. The van der Waals surface area contributed by atoms with Crippen LogP contribution in [0.5, 0.6) is 0 Å². The Labute approximate surface area is 197 Å². The van der Waals surface area contributed by atoms with E-state index < -0.39 is 0 Å². The zero-order valence-electron chi connectivity index (χ0n) is 17.9. The molecule has 2 aliphatic rings. The first-order valence-corrected chi connectivity index (χ1v) is 11.5. The number of benzene rings is 3. The SMILES string of the molecule is O=C(Nc1ccccc1Cl)c1ccc(N2C(=O)[C@H]3CC[C@H](c4ccccc4)C[C@H]3C2=O)cc1. The molecule has 1 saturated carbocycles. The van der Waals surface area contributed by atoms with Crippen molar-refractivity contribution in [2.45, 2.75) is 25.2 Å². The Hall–Kier alpha value is -3.44. The molecule has 1 N–H and O–H groups in total. The van der Waals surface area contributed by atoms with E-state index in [2.05, 4.69) is 17.4 Å². The maximum Gasteiger partial charge on any atom is 0.255 e. The highest BCUT2D eigenvalue weighted by molar-refractivity contribution is 6.33. The number of hydrogen-bond donors (Lipinski definition) is 1. The summed E-state index contributed by atoms with van der Waals surface area (Å²) in [6.45, 7) is 0. The quantitative estimate of drug-likeness (QED) is 0.512. The van der Waals surface area contributed by atoms with Crippen LogP contribution in [0.4, 0.5) is 11.4 Å². The Kier molecular flexibility index (Phi) is 5.73. The van der Waals surface area contributed by atoms with Crippen LogP contribution in [-0.2, 0) is 9.59 Å². The predicted molar refractivity (Wildman–Crippen MR) is 128 cm³/mol. The number of imide groups is 1. The number of nitrogens with one attached hydrogen (secondary N) is 1. The van der Waals surface area contributed by atoms with Crippen molar-refractivity contribution in [2.24, 2.45) is 11.8 Å². The van der Waals surface area contributed by atoms with E-state index in [9.17, 15) is 14.4 Å². The van der Waals surface area contributed by atoms with Gasteiger partial charge in [-0.05, 0) is 67.1 Å².